The maximum atomic E-state index is 3.04. The van der Waals surface area contributed by atoms with E-state index in [1.54, 1.807) is 0 Å². The molecule has 0 saturated heterocycles. The molecule has 11 heavy (non-hydrogen) atoms. The Morgan fingerprint density at radius 2 is 2.09 bits per heavy atom. The van der Waals surface area contributed by atoms with Crippen LogP contribution in [0.3, 0.4) is 0 Å². The van der Waals surface area contributed by atoms with Crippen molar-refractivity contribution in [3.8, 4) is 11.8 Å². The molecule has 0 aromatic rings. The fourth-order valence-corrected chi connectivity index (χ4v) is 0.867. The third-order valence-electron chi connectivity index (χ3n) is 1.30. The van der Waals surface area contributed by atoms with Crippen LogP contribution in [0.2, 0.25) is 0 Å². The van der Waals surface area contributed by atoms with E-state index in [4.69, 9.17) is 0 Å². The lowest BCUT2D eigenvalue weighted by Crippen LogP contribution is -1.81. The standard InChI is InChI=1S/C9H10.C2H6/c1-2-6-9-7-4-3-5-8-9;1-2/h3-4,7H,5,8H2,1H3;1-2H3. The van der Waals surface area contributed by atoms with Gasteiger partial charge in [0.25, 0.3) is 0 Å². The van der Waals surface area contributed by atoms with E-state index in [1.807, 2.05) is 20.8 Å². The quantitative estimate of drug-likeness (QED) is 0.462. The first kappa shape index (κ1) is 10.0. The normalized spacial score (nSPS) is 13.5. The highest BCUT2D eigenvalue weighted by Crippen LogP contribution is 2.09. The third-order valence-corrected chi connectivity index (χ3v) is 1.30. The van der Waals surface area contributed by atoms with E-state index < -0.39 is 0 Å². The van der Waals surface area contributed by atoms with Gasteiger partial charge in [-0.25, -0.2) is 0 Å². The first-order valence-corrected chi connectivity index (χ1v) is 4.22. The van der Waals surface area contributed by atoms with Crippen LogP contribution in [-0.2, 0) is 0 Å². The average molecular weight is 148 g/mol. The molecule has 0 saturated carbocycles. The van der Waals surface area contributed by atoms with Crippen LogP contribution in [0.1, 0.15) is 33.6 Å². The second-order valence-electron chi connectivity index (χ2n) is 2.03. The molecule has 0 unspecified atom stereocenters. The smallest absolute Gasteiger partial charge is 0.00231 e. The molecule has 0 spiro atoms. The Morgan fingerprint density at radius 3 is 2.55 bits per heavy atom. The molecule has 1 aliphatic carbocycles. The Balaban J connectivity index is 0.000000461. The zero-order chi connectivity index (χ0) is 8.53. The van der Waals surface area contributed by atoms with E-state index in [1.165, 1.54) is 5.57 Å². The van der Waals surface area contributed by atoms with Crippen molar-refractivity contribution in [3.05, 3.63) is 23.8 Å². The zero-order valence-electron chi connectivity index (χ0n) is 7.65. The average Bonchev–Trinajstić information content (AvgIpc) is 2.11. The number of hydrogen-bond acceptors (Lipinski definition) is 0. The molecule has 0 fully saturated rings. The molecule has 0 aromatic heterocycles. The molecule has 0 atom stereocenters. The third kappa shape index (κ3) is 4.44. The Labute approximate surface area is 70.0 Å². The monoisotopic (exact) mass is 148 g/mol. The first-order chi connectivity index (χ1) is 5.43. The molecule has 0 N–H and O–H groups in total. The van der Waals surface area contributed by atoms with Gasteiger partial charge < -0.3 is 0 Å². The highest BCUT2D eigenvalue weighted by Gasteiger charge is 1.92. The second-order valence-corrected chi connectivity index (χ2v) is 2.03. The Kier molecular flexibility index (Phi) is 6.53. The molecule has 60 valence electrons. The van der Waals surface area contributed by atoms with Gasteiger partial charge in [0, 0.05) is 5.57 Å². The highest BCUT2D eigenvalue weighted by molar-refractivity contribution is 5.33. The molecule has 0 nitrogen and oxygen atoms in total. The molecular weight excluding hydrogens is 132 g/mol. The summed E-state index contributed by atoms with van der Waals surface area (Å²) < 4.78 is 0. The van der Waals surface area contributed by atoms with Crippen LogP contribution < -0.4 is 0 Å². The van der Waals surface area contributed by atoms with E-state index >= 15 is 0 Å². The van der Waals surface area contributed by atoms with Gasteiger partial charge in [-0.15, -0.1) is 5.92 Å². The van der Waals surface area contributed by atoms with Crippen molar-refractivity contribution in [1.82, 2.24) is 0 Å². The van der Waals surface area contributed by atoms with Crippen molar-refractivity contribution in [3.63, 3.8) is 0 Å². The van der Waals surface area contributed by atoms with Crippen LogP contribution >= 0.6 is 0 Å². The molecule has 0 heteroatoms. The number of allylic oxidation sites excluding steroid dienone is 4. The number of rotatable bonds is 0. The summed E-state index contributed by atoms with van der Waals surface area (Å²) in [5, 5.41) is 0. The largest absolute Gasteiger partial charge is 0.102 e. The molecule has 1 rings (SSSR count). The topological polar surface area (TPSA) is 0 Å². The van der Waals surface area contributed by atoms with Crippen molar-refractivity contribution in [1.29, 1.82) is 0 Å². The predicted octanol–water partition coefficient (Wildman–Crippen LogP) is 3.31. The van der Waals surface area contributed by atoms with Crippen LogP contribution in [0.5, 0.6) is 0 Å². The van der Waals surface area contributed by atoms with Crippen LogP contribution in [0.15, 0.2) is 23.8 Å². The molecule has 0 radical (unpaired) electrons. The van der Waals surface area contributed by atoms with Crippen LogP contribution in [0.4, 0.5) is 0 Å². The van der Waals surface area contributed by atoms with Crippen LogP contribution in [0.25, 0.3) is 0 Å². The maximum Gasteiger partial charge on any atom is 0.00231 e. The predicted molar refractivity (Wildman–Crippen MR) is 51.3 cm³/mol. The van der Waals surface area contributed by atoms with Gasteiger partial charge in [0.05, 0.1) is 0 Å². The van der Waals surface area contributed by atoms with Gasteiger partial charge in [0.15, 0.2) is 0 Å². The Hall–Kier alpha value is -0.960. The van der Waals surface area contributed by atoms with Gasteiger partial charge in [-0.2, -0.15) is 0 Å². The van der Waals surface area contributed by atoms with E-state index in [2.05, 4.69) is 30.1 Å². The molecule has 0 amide bonds. The van der Waals surface area contributed by atoms with Gasteiger partial charge in [-0.3, -0.25) is 0 Å². The fraction of sp³-hybridized carbons (Fsp3) is 0.455. The fourth-order valence-electron chi connectivity index (χ4n) is 0.867. The van der Waals surface area contributed by atoms with Gasteiger partial charge in [-0.05, 0) is 19.8 Å². The van der Waals surface area contributed by atoms with Crippen molar-refractivity contribution in [2.75, 3.05) is 0 Å². The van der Waals surface area contributed by atoms with Crippen molar-refractivity contribution in [2.45, 2.75) is 33.6 Å². The van der Waals surface area contributed by atoms with Crippen LogP contribution in [0, 0.1) is 11.8 Å². The molecule has 0 aliphatic heterocycles. The van der Waals surface area contributed by atoms with Crippen molar-refractivity contribution in [2.24, 2.45) is 0 Å². The summed E-state index contributed by atoms with van der Waals surface area (Å²) in [5.41, 5.74) is 1.26. The Bertz CT molecular complexity index is 196. The van der Waals surface area contributed by atoms with E-state index in [9.17, 15) is 0 Å². The molecule has 1 aliphatic rings. The van der Waals surface area contributed by atoms with Gasteiger partial charge in [-0.1, -0.05) is 38.0 Å². The minimum Gasteiger partial charge on any atom is -0.102 e. The first-order valence-electron chi connectivity index (χ1n) is 4.22. The van der Waals surface area contributed by atoms with Crippen molar-refractivity contribution < 1.29 is 0 Å². The minimum atomic E-state index is 1.12. The van der Waals surface area contributed by atoms with E-state index in [0.29, 0.717) is 0 Å². The van der Waals surface area contributed by atoms with Gasteiger partial charge in [0.2, 0.25) is 0 Å². The maximum absolute atomic E-state index is 3.04. The molecule has 0 aromatic carbocycles. The molecule has 0 bridgehead atoms. The van der Waals surface area contributed by atoms with Crippen LogP contribution in [-0.4, -0.2) is 0 Å². The number of hydrogen-bond donors (Lipinski definition) is 0. The van der Waals surface area contributed by atoms with E-state index in [-0.39, 0.29) is 0 Å². The minimum absolute atomic E-state index is 1.12. The summed E-state index contributed by atoms with van der Waals surface area (Å²) in [6.45, 7) is 5.87. The molecule has 0 heterocycles. The summed E-state index contributed by atoms with van der Waals surface area (Å²) in [5.74, 6) is 5.93. The van der Waals surface area contributed by atoms with Gasteiger partial charge >= 0.3 is 0 Å². The second kappa shape index (κ2) is 7.15. The zero-order valence-corrected chi connectivity index (χ0v) is 7.65. The summed E-state index contributed by atoms with van der Waals surface area (Å²) in [6.07, 6.45) is 8.60. The van der Waals surface area contributed by atoms with Crippen molar-refractivity contribution >= 4 is 0 Å². The molecular formula is C11H16. The lowest BCUT2D eigenvalue weighted by Gasteiger charge is -1.98. The lowest BCUT2D eigenvalue weighted by molar-refractivity contribution is 1.000. The lowest BCUT2D eigenvalue weighted by atomic mass is 10.1. The SMILES string of the molecule is CC.CC#CC1=CC=CCC1. The summed E-state index contributed by atoms with van der Waals surface area (Å²) in [7, 11) is 0. The van der Waals surface area contributed by atoms with E-state index in [0.717, 1.165) is 12.8 Å². The Morgan fingerprint density at radius 1 is 1.36 bits per heavy atom. The van der Waals surface area contributed by atoms with Gasteiger partial charge in [0.1, 0.15) is 0 Å². The summed E-state index contributed by atoms with van der Waals surface area (Å²) in [4.78, 5) is 0. The summed E-state index contributed by atoms with van der Waals surface area (Å²) >= 11 is 0. The summed E-state index contributed by atoms with van der Waals surface area (Å²) in [6, 6.07) is 0. The highest BCUT2D eigenvalue weighted by atomic mass is 14.0.